The van der Waals surface area contributed by atoms with Gasteiger partial charge < -0.3 is 5.21 Å². The summed E-state index contributed by atoms with van der Waals surface area (Å²) in [5.41, 5.74) is 2.75. The van der Waals surface area contributed by atoms with Crippen LogP contribution in [0.5, 0.6) is 0 Å². The summed E-state index contributed by atoms with van der Waals surface area (Å²) >= 11 is 0. The maximum atomic E-state index is 11.8. The van der Waals surface area contributed by atoms with Gasteiger partial charge >= 0.3 is 14.3 Å². The van der Waals surface area contributed by atoms with Crippen LogP contribution in [0.3, 0.4) is 0 Å². The Morgan fingerprint density at radius 3 is 2.11 bits per heavy atom. The van der Waals surface area contributed by atoms with Gasteiger partial charge in [-0.15, -0.1) is 0 Å². The summed E-state index contributed by atoms with van der Waals surface area (Å²) in [5.74, 6) is 0. The summed E-state index contributed by atoms with van der Waals surface area (Å²) in [7, 11) is 0.500. The molecule has 1 aromatic heterocycles. The van der Waals surface area contributed by atoms with E-state index in [1.807, 2.05) is 41.5 Å². The van der Waals surface area contributed by atoms with Crippen LogP contribution in [0.4, 0.5) is 0 Å². The normalized spacial score (nSPS) is 12.1. The van der Waals surface area contributed by atoms with Gasteiger partial charge in [0, 0.05) is 20.8 Å². The Balaban J connectivity index is 0.000000982. The number of aryl methyl sites for hydroxylation is 3. The molecule has 0 bridgehead atoms. The van der Waals surface area contributed by atoms with Crippen molar-refractivity contribution in [2.75, 3.05) is 0 Å². The molecule has 0 aliphatic rings. The molecular formula is C12H21BN4O. The first-order valence-electron chi connectivity index (χ1n) is 6.21. The first-order chi connectivity index (χ1) is 8.63. The Hall–Kier alpha value is -1.59. The Labute approximate surface area is 111 Å². The second-order valence-corrected chi connectivity index (χ2v) is 4.99. The zero-order valence-corrected chi connectivity index (χ0v) is 11.9. The number of aromatic nitrogens is 2. The van der Waals surface area contributed by atoms with Crippen molar-refractivity contribution < 1.29 is 4.74 Å². The van der Waals surface area contributed by atoms with E-state index < -0.39 is 5.54 Å². The van der Waals surface area contributed by atoms with Crippen LogP contribution in [0, 0.1) is 31.3 Å². The third kappa shape index (κ3) is 4.35. The molecular weight excluding hydrogens is 227 g/mol. The molecule has 0 fully saturated rings. The van der Waals surface area contributed by atoms with Gasteiger partial charge in [-0.05, 0) is 20.8 Å². The summed E-state index contributed by atoms with van der Waals surface area (Å²) in [4.78, 5) is 8.71. The molecule has 0 aliphatic heterocycles. The van der Waals surface area contributed by atoms with E-state index in [0.29, 0.717) is 13.3 Å². The molecule has 0 spiro atoms. The molecule has 1 rings (SSSR count). The van der Waals surface area contributed by atoms with Crippen LogP contribution in [0.25, 0.3) is 0 Å². The number of rotatable bonds is 1. The molecule has 0 radical (unpaired) electrons. The third-order valence-electron chi connectivity index (χ3n) is 2.42. The molecule has 98 valence electrons. The van der Waals surface area contributed by atoms with Crippen molar-refractivity contribution in [2.24, 2.45) is 0 Å². The molecule has 1 aromatic rings. The van der Waals surface area contributed by atoms with Crippen molar-refractivity contribution >= 4 is 13.8 Å². The summed E-state index contributed by atoms with van der Waals surface area (Å²) in [6.07, 6.45) is 1.51. The van der Waals surface area contributed by atoms with Gasteiger partial charge in [-0.2, -0.15) is 0 Å². The van der Waals surface area contributed by atoms with Gasteiger partial charge in [0.25, 0.3) is 0 Å². The predicted molar refractivity (Wildman–Crippen MR) is 74.7 cm³/mol. The Morgan fingerprint density at radius 2 is 1.67 bits per heavy atom. The minimum atomic E-state index is -0.451. The fraction of sp³-hybridized carbons (Fsp3) is 0.583. The van der Waals surface area contributed by atoms with Crippen LogP contribution in [0.15, 0.2) is 0 Å². The summed E-state index contributed by atoms with van der Waals surface area (Å²) in [6, 6.07) is 0. The summed E-state index contributed by atoms with van der Waals surface area (Å²) in [6.45, 7) is 11.3. The number of hydroxylamine groups is 1. The number of hydrogen-bond acceptors (Lipinski definition) is 4. The molecule has 5 nitrogen and oxygen atoms in total. The quantitative estimate of drug-likeness (QED) is 0.271. The second kappa shape index (κ2) is 6.38. The first kappa shape index (κ1) is 14.5. The van der Waals surface area contributed by atoms with Crippen LogP contribution in [0.1, 0.15) is 43.5 Å². The van der Waals surface area contributed by atoms with E-state index in [1.54, 1.807) is 0 Å². The average Bonchev–Trinajstić information content (AvgIpc) is 2.25. The Bertz CT molecular complexity index is 483. The summed E-state index contributed by atoms with van der Waals surface area (Å²) in [5, 5.41) is 17.5. The number of nitrogens with zero attached hydrogens (tertiary/aromatic N) is 3. The number of hydrogen-bond donors (Lipinski definition) is 1. The molecule has 1 N–H and O–H groups in total. The van der Waals surface area contributed by atoms with Gasteiger partial charge in [-0.3, -0.25) is 4.98 Å². The van der Waals surface area contributed by atoms with Crippen molar-refractivity contribution in [3.8, 4) is 0 Å². The molecule has 0 aromatic carbocycles. The van der Waals surface area contributed by atoms with Crippen LogP contribution in [0.2, 0.25) is 0 Å². The van der Waals surface area contributed by atoms with Gasteiger partial charge in [-0.1, -0.05) is 0 Å². The average molecular weight is 250 g/mol. The zero-order chi connectivity index (χ0) is 15.2. The first-order valence-corrected chi connectivity index (χ1v) is 5.64. The third-order valence-corrected chi connectivity index (χ3v) is 2.42. The van der Waals surface area contributed by atoms with Crippen LogP contribution in [-0.4, -0.2) is 35.4 Å². The molecule has 18 heavy (non-hydrogen) atoms. The SMILES string of the molecule is Cc1nc(C)c(/C=[N+](\[O-])C(C)(C)C)nc1C.[3H]B=N. The minimum absolute atomic E-state index is 0.451. The van der Waals surface area contributed by atoms with Gasteiger partial charge in [-0.25, -0.2) is 9.72 Å². The van der Waals surface area contributed by atoms with Crippen molar-refractivity contribution in [3.63, 3.8) is 0 Å². The second-order valence-electron chi connectivity index (χ2n) is 4.99. The molecule has 0 saturated heterocycles. The van der Waals surface area contributed by atoms with Crippen LogP contribution >= 0.6 is 0 Å². The van der Waals surface area contributed by atoms with Crippen molar-refractivity contribution in [1.82, 2.24) is 9.97 Å². The molecule has 0 amide bonds. The van der Waals surface area contributed by atoms with Crippen LogP contribution in [-0.2, 0) is 0 Å². The molecule has 0 unspecified atom stereocenters. The molecule has 0 atom stereocenters. The molecule has 1 heterocycles. The molecule has 6 heteroatoms. The van der Waals surface area contributed by atoms with E-state index in [1.165, 1.54) is 6.21 Å². The van der Waals surface area contributed by atoms with Crippen molar-refractivity contribution in [2.45, 2.75) is 47.1 Å². The van der Waals surface area contributed by atoms with Gasteiger partial charge in [0.1, 0.15) is 5.69 Å². The van der Waals surface area contributed by atoms with E-state index in [4.69, 9.17) is 6.65 Å². The van der Waals surface area contributed by atoms with Crippen molar-refractivity contribution in [1.29, 1.82) is 6.65 Å². The molecule has 0 saturated carbocycles. The van der Waals surface area contributed by atoms with E-state index in [-0.39, 0.29) is 0 Å². The zero-order valence-electron chi connectivity index (χ0n) is 12.9. The van der Waals surface area contributed by atoms with E-state index in [0.717, 1.165) is 21.8 Å². The maximum absolute atomic E-state index is 11.8. The molecule has 0 aliphatic carbocycles. The van der Waals surface area contributed by atoms with Crippen LogP contribution < -0.4 is 0 Å². The Morgan fingerprint density at radius 1 is 1.22 bits per heavy atom. The summed E-state index contributed by atoms with van der Waals surface area (Å²) < 4.78 is 6.67. The predicted octanol–water partition coefficient (Wildman–Crippen LogP) is 1.78. The number of nitrogens with one attached hydrogen (secondary N) is 1. The topological polar surface area (TPSA) is 75.7 Å². The van der Waals surface area contributed by atoms with Crippen molar-refractivity contribution in [3.05, 3.63) is 28.0 Å². The fourth-order valence-corrected chi connectivity index (χ4v) is 1.16. The van der Waals surface area contributed by atoms with E-state index in [9.17, 15) is 5.21 Å². The van der Waals surface area contributed by atoms with Gasteiger partial charge in [0.2, 0.25) is 6.21 Å². The van der Waals surface area contributed by atoms with Gasteiger partial charge in [0.15, 0.2) is 5.54 Å². The monoisotopic (exact) mass is 250 g/mol. The fourth-order valence-electron chi connectivity index (χ4n) is 1.16. The van der Waals surface area contributed by atoms with E-state index in [2.05, 4.69) is 9.97 Å². The standard InChI is InChI=1S/C12H19N3O.BH2N/c1-8-9(2)14-11(10(3)13-8)7-15(16)12(4,5)6;1-2/h7H,1-6H3;1-2H/b15-7-;/i;1T. The van der Waals surface area contributed by atoms with E-state index >= 15 is 0 Å². The Kier molecular flexibility index (Phi) is 5.13. The van der Waals surface area contributed by atoms with Gasteiger partial charge in [0.05, 0.1) is 17.1 Å².